The summed E-state index contributed by atoms with van der Waals surface area (Å²) in [5, 5.41) is 2.94. The lowest BCUT2D eigenvalue weighted by Gasteiger charge is -2.20. The molecule has 0 radical (unpaired) electrons. The molecule has 1 aliphatic heterocycles. The first-order chi connectivity index (χ1) is 11.9. The maximum atomic E-state index is 12.4. The highest BCUT2D eigenvalue weighted by Crippen LogP contribution is 2.27. The van der Waals surface area contributed by atoms with Crippen LogP contribution in [-0.2, 0) is 11.8 Å². The molecule has 0 fully saturated rings. The molecule has 0 aromatic heterocycles. The average Bonchev–Trinajstić information content (AvgIpc) is 3.02. The van der Waals surface area contributed by atoms with Crippen LogP contribution in [-0.4, -0.2) is 25.7 Å². The zero-order valence-electron chi connectivity index (χ0n) is 15.2. The van der Waals surface area contributed by atoms with Crippen molar-refractivity contribution in [2.24, 2.45) is 0 Å². The van der Waals surface area contributed by atoms with Gasteiger partial charge in [-0.25, -0.2) is 4.79 Å². The van der Waals surface area contributed by atoms with Gasteiger partial charge in [0.25, 0.3) is 0 Å². The number of para-hydroxylation sites is 1. The minimum atomic E-state index is -0.0583. The molecule has 0 saturated heterocycles. The van der Waals surface area contributed by atoms with E-state index in [4.69, 9.17) is 4.74 Å². The maximum absolute atomic E-state index is 12.4. The summed E-state index contributed by atoms with van der Waals surface area (Å²) in [5.41, 5.74) is 3.57. The van der Waals surface area contributed by atoms with E-state index < -0.39 is 0 Å². The van der Waals surface area contributed by atoms with Crippen LogP contribution in [0.5, 0.6) is 5.75 Å². The third-order valence-electron chi connectivity index (χ3n) is 4.48. The van der Waals surface area contributed by atoms with Crippen LogP contribution in [0.3, 0.4) is 0 Å². The van der Waals surface area contributed by atoms with Gasteiger partial charge in [0, 0.05) is 12.2 Å². The fraction of sp³-hybridized carbons (Fsp3) is 0.381. The Labute approximate surface area is 149 Å². The second-order valence-corrected chi connectivity index (χ2v) is 7.39. The molecule has 3 rings (SSSR count). The number of anilines is 1. The molecule has 4 nitrogen and oxygen atoms in total. The number of carbonyl (C=O) groups is 1. The summed E-state index contributed by atoms with van der Waals surface area (Å²) in [4.78, 5) is 14.2. The van der Waals surface area contributed by atoms with Crippen molar-refractivity contribution < 1.29 is 9.53 Å². The summed E-state index contributed by atoms with van der Waals surface area (Å²) in [6.07, 6.45) is 0.916. The van der Waals surface area contributed by atoms with E-state index in [1.165, 1.54) is 11.1 Å². The number of nitrogens with one attached hydrogen (secondary N) is 1. The largest absolute Gasteiger partial charge is 0.492 e. The van der Waals surface area contributed by atoms with Gasteiger partial charge in [0.05, 0.1) is 6.54 Å². The Morgan fingerprint density at radius 1 is 1.16 bits per heavy atom. The Kier molecular flexibility index (Phi) is 4.98. The van der Waals surface area contributed by atoms with E-state index >= 15 is 0 Å². The fourth-order valence-corrected chi connectivity index (χ4v) is 3.02. The van der Waals surface area contributed by atoms with E-state index in [9.17, 15) is 4.79 Å². The number of hydrogen-bond donors (Lipinski definition) is 1. The van der Waals surface area contributed by atoms with Crippen LogP contribution in [0.15, 0.2) is 48.5 Å². The first-order valence-corrected chi connectivity index (χ1v) is 8.82. The summed E-state index contributed by atoms with van der Waals surface area (Å²) >= 11 is 0. The summed E-state index contributed by atoms with van der Waals surface area (Å²) in [5.74, 6) is 0.841. The Bertz CT molecular complexity index is 750. The van der Waals surface area contributed by atoms with Crippen molar-refractivity contribution in [2.75, 3.05) is 24.6 Å². The van der Waals surface area contributed by atoms with Crippen molar-refractivity contribution >= 4 is 11.7 Å². The molecule has 2 aromatic carbocycles. The first-order valence-electron chi connectivity index (χ1n) is 8.82. The molecule has 0 aliphatic carbocycles. The van der Waals surface area contributed by atoms with Crippen molar-refractivity contribution in [2.45, 2.75) is 32.6 Å². The molecule has 1 N–H and O–H groups in total. The molecule has 0 atom stereocenters. The molecule has 25 heavy (non-hydrogen) atoms. The third-order valence-corrected chi connectivity index (χ3v) is 4.48. The van der Waals surface area contributed by atoms with E-state index in [1.807, 2.05) is 30.3 Å². The lowest BCUT2D eigenvalue weighted by atomic mass is 9.87. The van der Waals surface area contributed by atoms with Gasteiger partial charge in [-0.15, -0.1) is 0 Å². The monoisotopic (exact) mass is 338 g/mol. The number of urea groups is 1. The van der Waals surface area contributed by atoms with Gasteiger partial charge in [-0.05, 0) is 41.2 Å². The Morgan fingerprint density at radius 2 is 1.96 bits per heavy atom. The van der Waals surface area contributed by atoms with Crippen molar-refractivity contribution in [3.63, 3.8) is 0 Å². The molecule has 2 aromatic rings. The number of ether oxygens (including phenoxy) is 1. The molecule has 1 aliphatic rings. The number of rotatable bonds is 4. The Hall–Kier alpha value is -2.49. The van der Waals surface area contributed by atoms with E-state index in [0.29, 0.717) is 13.2 Å². The van der Waals surface area contributed by atoms with Crippen molar-refractivity contribution in [1.82, 2.24) is 5.32 Å². The predicted molar refractivity (Wildman–Crippen MR) is 102 cm³/mol. The van der Waals surface area contributed by atoms with Crippen LogP contribution < -0.4 is 15.0 Å². The highest BCUT2D eigenvalue weighted by molar-refractivity contribution is 5.94. The van der Waals surface area contributed by atoms with Gasteiger partial charge >= 0.3 is 6.03 Å². The molecule has 4 heteroatoms. The molecular weight excluding hydrogens is 312 g/mol. The standard InChI is InChI=1S/C21H26N2O2/c1-21(2,3)17-8-6-9-18(15-17)25-14-12-22-20(24)23-13-11-16-7-4-5-10-19(16)23/h4-10,15H,11-14H2,1-3H3,(H,22,24). The summed E-state index contributed by atoms with van der Waals surface area (Å²) in [6.45, 7) is 8.21. The highest BCUT2D eigenvalue weighted by atomic mass is 16.5. The summed E-state index contributed by atoms with van der Waals surface area (Å²) in [6, 6.07) is 16.1. The number of carbonyl (C=O) groups excluding carboxylic acids is 1. The van der Waals surface area contributed by atoms with Crippen molar-refractivity contribution in [3.05, 3.63) is 59.7 Å². The minimum Gasteiger partial charge on any atom is -0.492 e. The highest BCUT2D eigenvalue weighted by Gasteiger charge is 2.23. The van der Waals surface area contributed by atoms with Crippen LogP contribution in [0.2, 0.25) is 0 Å². The van der Waals surface area contributed by atoms with E-state index in [2.05, 4.69) is 44.3 Å². The number of hydrogen-bond acceptors (Lipinski definition) is 2. The van der Waals surface area contributed by atoms with Crippen LogP contribution >= 0.6 is 0 Å². The number of benzene rings is 2. The zero-order valence-corrected chi connectivity index (χ0v) is 15.2. The lowest BCUT2D eigenvalue weighted by Crippen LogP contribution is -2.40. The molecule has 1 heterocycles. The van der Waals surface area contributed by atoms with E-state index in [1.54, 1.807) is 4.90 Å². The van der Waals surface area contributed by atoms with E-state index in [-0.39, 0.29) is 11.4 Å². The third kappa shape index (κ3) is 4.13. The van der Waals surface area contributed by atoms with Crippen molar-refractivity contribution in [3.8, 4) is 5.75 Å². The lowest BCUT2D eigenvalue weighted by molar-refractivity contribution is 0.242. The second-order valence-electron chi connectivity index (χ2n) is 7.39. The summed E-state index contributed by atoms with van der Waals surface area (Å²) < 4.78 is 5.79. The van der Waals surface area contributed by atoms with Gasteiger partial charge in [0.15, 0.2) is 0 Å². The first kappa shape index (κ1) is 17.3. The van der Waals surface area contributed by atoms with Gasteiger partial charge in [-0.2, -0.15) is 0 Å². The van der Waals surface area contributed by atoms with E-state index in [0.717, 1.165) is 24.4 Å². The molecule has 132 valence electrons. The normalized spacial score (nSPS) is 13.5. The smallest absolute Gasteiger partial charge is 0.322 e. The number of fused-ring (bicyclic) bond motifs is 1. The number of amides is 2. The molecule has 0 saturated carbocycles. The number of nitrogens with zero attached hydrogens (tertiary/aromatic N) is 1. The Balaban J connectivity index is 1.49. The zero-order chi connectivity index (χ0) is 17.9. The van der Waals surface area contributed by atoms with Crippen LogP contribution in [0.25, 0.3) is 0 Å². The summed E-state index contributed by atoms with van der Waals surface area (Å²) in [7, 11) is 0. The molecule has 0 bridgehead atoms. The molecule has 0 unspecified atom stereocenters. The molecule has 0 spiro atoms. The predicted octanol–water partition coefficient (Wildman–Crippen LogP) is 4.14. The van der Waals surface area contributed by atoms with Gasteiger partial charge in [-0.3, -0.25) is 4.90 Å². The van der Waals surface area contributed by atoms with Gasteiger partial charge in [0.1, 0.15) is 12.4 Å². The van der Waals surface area contributed by atoms with Crippen molar-refractivity contribution in [1.29, 1.82) is 0 Å². The molecule has 2 amide bonds. The molecular formula is C21H26N2O2. The van der Waals surface area contributed by atoms with Gasteiger partial charge in [-0.1, -0.05) is 51.1 Å². The van der Waals surface area contributed by atoms with Crippen LogP contribution in [0, 0.1) is 0 Å². The second kappa shape index (κ2) is 7.18. The SMILES string of the molecule is CC(C)(C)c1cccc(OCCNC(=O)N2CCc3ccccc32)c1. The van der Waals surface area contributed by atoms with Gasteiger partial charge < -0.3 is 10.1 Å². The van der Waals surface area contributed by atoms with Crippen LogP contribution in [0.1, 0.15) is 31.9 Å². The topological polar surface area (TPSA) is 41.6 Å². The van der Waals surface area contributed by atoms with Gasteiger partial charge in [0.2, 0.25) is 0 Å². The quantitative estimate of drug-likeness (QED) is 0.852. The maximum Gasteiger partial charge on any atom is 0.322 e. The average molecular weight is 338 g/mol. The fourth-order valence-electron chi connectivity index (χ4n) is 3.02. The van der Waals surface area contributed by atoms with Crippen LogP contribution in [0.4, 0.5) is 10.5 Å². The Morgan fingerprint density at radius 3 is 2.76 bits per heavy atom. The minimum absolute atomic E-state index is 0.0583.